The van der Waals surface area contributed by atoms with Gasteiger partial charge in [0.2, 0.25) is 5.91 Å². The van der Waals surface area contributed by atoms with Crippen molar-refractivity contribution in [2.75, 3.05) is 11.9 Å². The summed E-state index contributed by atoms with van der Waals surface area (Å²) < 4.78 is 0. The lowest BCUT2D eigenvalue weighted by molar-refractivity contribution is -0.138. The largest absolute Gasteiger partial charge is 0.481 e. The number of nitrogens with zero attached hydrogens (tertiary/aromatic N) is 2. The van der Waals surface area contributed by atoms with Crippen LogP contribution in [0.5, 0.6) is 0 Å². The predicted molar refractivity (Wildman–Crippen MR) is 84.3 cm³/mol. The van der Waals surface area contributed by atoms with E-state index in [1.165, 1.54) is 11.9 Å². The first-order chi connectivity index (χ1) is 11.0. The van der Waals surface area contributed by atoms with Gasteiger partial charge in [0.25, 0.3) is 5.91 Å². The van der Waals surface area contributed by atoms with E-state index in [0.717, 1.165) is 11.8 Å². The van der Waals surface area contributed by atoms with Crippen LogP contribution in [0.15, 0.2) is 40.9 Å². The molecule has 1 atom stereocenters. The van der Waals surface area contributed by atoms with Crippen molar-refractivity contribution >= 4 is 35.2 Å². The van der Waals surface area contributed by atoms with E-state index in [9.17, 15) is 19.6 Å². The van der Waals surface area contributed by atoms with Gasteiger partial charge in [0.1, 0.15) is 21.9 Å². The van der Waals surface area contributed by atoms with Crippen LogP contribution in [0.25, 0.3) is 0 Å². The molecule has 1 aliphatic rings. The maximum Gasteiger partial charge on any atom is 0.305 e. The number of para-hydroxylation sites is 1. The van der Waals surface area contributed by atoms with Gasteiger partial charge in [0.15, 0.2) is 0 Å². The van der Waals surface area contributed by atoms with Gasteiger partial charge in [-0.1, -0.05) is 30.0 Å². The number of amides is 2. The predicted octanol–water partition coefficient (Wildman–Crippen LogP) is 1.09. The molecule has 0 aliphatic carbocycles. The van der Waals surface area contributed by atoms with Crippen LogP contribution in [-0.2, 0) is 14.4 Å². The van der Waals surface area contributed by atoms with Crippen molar-refractivity contribution in [1.29, 1.82) is 5.26 Å². The van der Waals surface area contributed by atoms with Gasteiger partial charge in [-0.25, -0.2) is 0 Å². The number of hydrogen-bond donors (Lipinski definition) is 2. The Bertz CT molecular complexity index is 724. The number of carbonyl (C=O) groups is 3. The van der Waals surface area contributed by atoms with E-state index in [1.807, 2.05) is 0 Å². The molecule has 0 saturated carbocycles. The zero-order valence-corrected chi connectivity index (χ0v) is 13.0. The van der Waals surface area contributed by atoms with Crippen molar-refractivity contribution in [3.8, 4) is 6.07 Å². The number of aliphatic carboxylic acids is 1. The molecule has 118 valence electrons. The quantitative estimate of drug-likeness (QED) is 0.631. The smallest absolute Gasteiger partial charge is 0.305 e. The van der Waals surface area contributed by atoms with Crippen molar-refractivity contribution < 1.29 is 19.5 Å². The fourth-order valence-corrected chi connectivity index (χ4v) is 3.34. The maximum absolute atomic E-state index is 12.5. The van der Waals surface area contributed by atoms with Crippen LogP contribution in [0.3, 0.4) is 0 Å². The molecule has 2 N–H and O–H groups in total. The highest BCUT2D eigenvalue weighted by atomic mass is 32.2. The molecule has 1 aromatic carbocycles. The third-order valence-corrected chi connectivity index (χ3v) is 4.37. The monoisotopic (exact) mass is 331 g/mol. The lowest BCUT2D eigenvalue weighted by Gasteiger charge is -2.18. The number of rotatable bonds is 4. The Morgan fingerprint density at radius 2 is 2.04 bits per heavy atom. The second kappa shape index (κ2) is 6.98. The van der Waals surface area contributed by atoms with Crippen LogP contribution in [-0.4, -0.2) is 35.2 Å². The van der Waals surface area contributed by atoms with Crippen molar-refractivity contribution in [2.24, 2.45) is 0 Å². The van der Waals surface area contributed by atoms with Gasteiger partial charge in [-0.2, -0.15) is 5.26 Å². The van der Waals surface area contributed by atoms with E-state index in [-0.39, 0.29) is 17.0 Å². The van der Waals surface area contributed by atoms with Crippen LogP contribution < -0.4 is 10.2 Å². The lowest BCUT2D eigenvalue weighted by Crippen LogP contribution is -2.31. The molecule has 0 bridgehead atoms. The van der Waals surface area contributed by atoms with Crippen molar-refractivity contribution in [1.82, 2.24) is 5.32 Å². The second-order valence-corrected chi connectivity index (χ2v) is 5.78. The summed E-state index contributed by atoms with van der Waals surface area (Å²) in [7, 11) is 1.38. The number of carboxylic acid groups (broad SMARTS) is 1. The summed E-state index contributed by atoms with van der Waals surface area (Å²) in [4.78, 5) is 36.6. The fourth-order valence-electron chi connectivity index (χ4n) is 2.08. The SMILES string of the molecule is CNC(=O)/C(C#N)=C1\S[C@@H](CC(=O)O)C(=O)N1c1ccccc1. The van der Waals surface area contributed by atoms with E-state index in [4.69, 9.17) is 5.11 Å². The minimum absolute atomic E-state index is 0.148. The average molecular weight is 331 g/mol. The Morgan fingerprint density at radius 3 is 2.57 bits per heavy atom. The molecule has 1 saturated heterocycles. The number of nitrogens with one attached hydrogen (secondary N) is 1. The first-order valence-electron chi connectivity index (χ1n) is 6.63. The highest BCUT2D eigenvalue weighted by Gasteiger charge is 2.41. The van der Waals surface area contributed by atoms with Gasteiger partial charge < -0.3 is 10.4 Å². The van der Waals surface area contributed by atoms with Crippen molar-refractivity contribution in [3.05, 3.63) is 40.9 Å². The molecular weight excluding hydrogens is 318 g/mol. The van der Waals surface area contributed by atoms with Gasteiger partial charge in [-0.15, -0.1) is 0 Å². The summed E-state index contributed by atoms with van der Waals surface area (Å²) >= 11 is 0.918. The molecule has 23 heavy (non-hydrogen) atoms. The Hall–Kier alpha value is -2.79. The molecule has 1 heterocycles. The third kappa shape index (κ3) is 3.35. The van der Waals surface area contributed by atoms with E-state index < -0.39 is 23.0 Å². The first kappa shape index (κ1) is 16.6. The Morgan fingerprint density at radius 1 is 1.39 bits per heavy atom. The molecular formula is C15H13N3O4S. The highest BCUT2D eigenvalue weighted by Crippen LogP contribution is 2.41. The number of anilines is 1. The summed E-state index contributed by atoms with van der Waals surface area (Å²) in [6.07, 6.45) is -0.386. The Balaban J connectivity index is 2.55. The van der Waals surface area contributed by atoms with Gasteiger partial charge in [0.05, 0.1) is 6.42 Å². The number of nitriles is 1. The van der Waals surface area contributed by atoms with E-state index in [0.29, 0.717) is 5.69 Å². The van der Waals surface area contributed by atoms with E-state index >= 15 is 0 Å². The lowest BCUT2D eigenvalue weighted by atomic mass is 10.2. The third-order valence-electron chi connectivity index (χ3n) is 3.11. The normalized spacial score (nSPS) is 19.2. The molecule has 0 aromatic heterocycles. The maximum atomic E-state index is 12.5. The number of likely N-dealkylation sites (N-methyl/N-ethyl adjacent to an activating group) is 1. The zero-order valence-electron chi connectivity index (χ0n) is 12.1. The number of benzene rings is 1. The van der Waals surface area contributed by atoms with Crippen molar-refractivity contribution in [3.63, 3.8) is 0 Å². The standard InChI is InChI=1S/C15H13N3O4S/c1-17-13(21)10(8-16)15-18(9-5-3-2-4-6-9)14(22)11(23-15)7-12(19)20/h2-6,11H,7H2,1H3,(H,17,21)(H,19,20)/b15-10-/t11-/m0/s1. The zero-order chi connectivity index (χ0) is 17.0. The van der Waals surface area contributed by atoms with E-state index in [2.05, 4.69) is 5.32 Å². The van der Waals surface area contributed by atoms with Crippen LogP contribution in [0, 0.1) is 11.3 Å². The Labute approximate surface area is 136 Å². The van der Waals surface area contributed by atoms with Gasteiger partial charge >= 0.3 is 5.97 Å². The molecule has 2 amide bonds. The minimum atomic E-state index is -1.12. The molecule has 1 aliphatic heterocycles. The topological polar surface area (TPSA) is 111 Å². The van der Waals surface area contributed by atoms with Crippen molar-refractivity contribution in [2.45, 2.75) is 11.7 Å². The summed E-state index contributed by atoms with van der Waals surface area (Å²) in [5.74, 6) is -2.21. The number of carboxylic acids is 1. The van der Waals surface area contributed by atoms with Crippen LogP contribution in [0.2, 0.25) is 0 Å². The molecule has 0 spiro atoms. The van der Waals surface area contributed by atoms with Gasteiger partial charge in [0, 0.05) is 12.7 Å². The fraction of sp³-hybridized carbons (Fsp3) is 0.200. The second-order valence-electron chi connectivity index (χ2n) is 4.58. The summed E-state index contributed by atoms with van der Waals surface area (Å²) in [5, 5.41) is 19.8. The molecule has 1 fully saturated rings. The molecule has 0 unspecified atom stereocenters. The Kier molecular flexibility index (Phi) is 5.03. The molecule has 1 aromatic rings. The molecule has 2 rings (SSSR count). The van der Waals surface area contributed by atoms with Gasteiger partial charge in [-0.05, 0) is 12.1 Å². The minimum Gasteiger partial charge on any atom is -0.481 e. The average Bonchev–Trinajstić information content (AvgIpc) is 2.84. The number of carbonyl (C=O) groups excluding carboxylic acids is 2. The summed E-state index contributed by atoms with van der Waals surface area (Å²) in [6.45, 7) is 0. The summed E-state index contributed by atoms with van der Waals surface area (Å²) in [6, 6.07) is 10.3. The molecule has 7 nitrogen and oxygen atoms in total. The summed E-state index contributed by atoms with van der Waals surface area (Å²) in [5.41, 5.74) is 0.257. The van der Waals surface area contributed by atoms with Gasteiger partial charge in [-0.3, -0.25) is 19.3 Å². The molecule has 8 heteroatoms. The van der Waals surface area contributed by atoms with Crippen LogP contribution in [0.1, 0.15) is 6.42 Å². The highest BCUT2D eigenvalue weighted by molar-refractivity contribution is 8.05. The first-order valence-corrected chi connectivity index (χ1v) is 7.51. The van der Waals surface area contributed by atoms with Crippen LogP contribution >= 0.6 is 11.8 Å². The number of hydrogen-bond acceptors (Lipinski definition) is 5. The van der Waals surface area contributed by atoms with E-state index in [1.54, 1.807) is 36.4 Å². The molecule has 0 radical (unpaired) electrons. The van der Waals surface area contributed by atoms with Crippen LogP contribution in [0.4, 0.5) is 5.69 Å². The number of thioether (sulfide) groups is 1.